The summed E-state index contributed by atoms with van der Waals surface area (Å²) in [6, 6.07) is 0.197. The highest BCUT2D eigenvalue weighted by atomic mass is 16.1. The SMILES string of the molecule is C#CC(=O)C1CCC(N)C1. The lowest BCUT2D eigenvalue weighted by Crippen LogP contribution is -2.17. The molecule has 2 heteroatoms. The lowest BCUT2D eigenvalue weighted by atomic mass is 10.0. The van der Waals surface area contributed by atoms with Gasteiger partial charge in [0, 0.05) is 12.0 Å². The fourth-order valence-electron chi connectivity index (χ4n) is 1.37. The second-order valence-electron chi connectivity index (χ2n) is 2.78. The van der Waals surface area contributed by atoms with Gasteiger partial charge in [-0.25, -0.2) is 0 Å². The molecule has 54 valence electrons. The van der Waals surface area contributed by atoms with Gasteiger partial charge in [-0.2, -0.15) is 0 Å². The first kappa shape index (κ1) is 7.30. The Morgan fingerprint density at radius 2 is 2.30 bits per heavy atom. The molecule has 1 saturated carbocycles. The second-order valence-corrected chi connectivity index (χ2v) is 2.78. The Morgan fingerprint density at radius 3 is 2.70 bits per heavy atom. The summed E-state index contributed by atoms with van der Waals surface area (Å²) in [7, 11) is 0. The van der Waals surface area contributed by atoms with Crippen LogP contribution in [0, 0.1) is 18.3 Å². The van der Waals surface area contributed by atoms with Crippen molar-refractivity contribution in [2.24, 2.45) is 11.7 Å². The zero-order valence-electron chi connectivity index (χ0n) is 5.84. The standard InChI is InChI=1S/C8H11NO/c1-2-8(10)6-3-4-7(9)5-6/h1,6-7H,3-5,9H2. The van der Waals surface area contributed by atoms with Gasteiger partial charge in [0.15, 0.2) is 0 Å². The number of rotatable bonds is 1. The number of carbonyl (C=O) groups is 1. The maximum atomic E-state index is 10.9. The fraction of sp³-hybridized carbons (Fsp3) is 0.625. The lowest BCUT2D eigenvalue weighted by molar-refractivity contribution is -0.117. The van der Waals surface area contributed by atoms with Crippen LogP contribution >= 0.6 is 0 Å². The minimum atomic E-state index is -0.0760. The Morgan fingerprint density at radius 1 is 1.60 bits per heavy atom. The summed E-state index contributed by atoms with van der Waals surface area (Å²) < 4.78 is 0. The Hall–Kier alpha value is -0.810. The van der Waals surface area contributed by atoms with Crippen LogP contribution in [0.1, 0.15) is 19.3 Å². The molecular weight excluding hydrogens is 126 g/mol. The van der Waals surface area contributed by atoms with Gasteiger partial charge in [-0.15, -0.1) is 6.42 Å². The average molecular weight is 137 g/mol. The third kappa shape index (κ3) is 1.37. The van der Waals surface area contributed by atoms with E-state index in [2.05, 4.69) is 5.92 Å². The largest absolute Gasteiger partial charge is 0.328 e. The van der Waals surface area contributed by atoms with E-state index in [0.29, 0.717) is 0 Å². The first-order valence-electron chi connectivity index (χ1n) is 3.50. The lowest BCUT2D eigenvalue weighted by Gasteiger charge is -2.00. The van der Waals surface area contributed by atoms with Crippen LogP contribution in [-0.2, 0) is 4.79 Å². The molecule has 10 heavy (non-hydrogen) atoms. The van der Waals surface area contributed by atoms with Crippen LogP contribution in [0.5, 0.6) is 0 Å². The number of carbonyl (C=O) groups excluding carboxylic acids is 1. The van der Waals surface area contributed by atoms with E-state index in [4.69, 9.17) is 12.2 Å². The molecule has 0 aromatic heterocycles. The quantitative estimate of drug-likeness (QED) is 0.417. The molecule has 1 rings (SSSR count). The van der Waals surface area contributed by atoms with Crippen LogP contribution in [0.25, 0.3) is 0 Å². The smallest absolute Gasteiger partial charge is 0.208 e. The zero-order chi connectivity index (χ0) is 7.56. The molecule has 1 aliphatic carbocycles. The number of terminal acetylenes is 1. The molecule has 0 radical (unpaired) electrons. The van der Waals surface area contributed by atoms with E-state index in [9.17, 15) is 4.79 Å². The molecule has 0 heterocycles. The summed E-state index contributed by atoms with van der Waals surface area (Å²) >= 11 is 0. The number of hydrogen-bond donors (Lipinski definition) is 1. The number of nitrogens with two attached hydrogens (primary N) is 1. The van der Waals surface area contributed by atoms with Gasteiger partial charge in [-0.3, -0.25) is 4.79 Å². The van der Waals surface area contributed by atoms with Gasteiger partial charge in [0.2, 0.25) is 5.78 Å². The molecule has 0 aliphatic heterocycles. The monoisotopic (exact) mass is 137 g/mol. The number of Topliss-reactive ketones (excluding diaryl/α,β-unsaturated/α-hetero) is 1. The molecule has 2 atom stereocenters. The topological polar surface area (TPSA) is 43.1 Å². The van der Waals surface area contributed by atoms with Crippen LogP contribution in [0.4, 0.5) is 0 Å². The Labute approximate surface area is 60.8 Å². The van der Waals surface area contributed by atoms with Crippen LogP contribution in [0.15, 0.2) is 0 Å². The highest BCUT2D eigenvalue weighted by molar-refractivity contribution is 5.96. The van der Waals surface area contributed by atoms with E-state index >= 15 is 0 Å². The van der Waals surface area contributed by atoms with Crippen LogP contribution in [0.2, 0.25) is 0 Å². The summed E-state index contributed by atoms with van der Waals surface area (Å²) in [4.78, 5) is 10.9. The van der Waals surface area contributed by atoms with Crippen molar-refractivity contribution in [1.82, 2.24) is 0 Å². The van der Waals surface area contributed by atoms with Gasteiger partial charge in [-0.05, 0) is 25.2 Å². The predicted molar refractivity (Wildman–Crippen MR) is 39.2 cm³/mol. The van der Waals surface area contributed by atoms with Gasteiger partial charge < -0.3 is 5.73 Å². The van der Waals surface area contributed by atoms with Crippen LogP contribution in [-0.4, -0.2) is 11.8 Å². The van der Waals surface area contributed by atoms with E-state index in [1.54, 1.807) is 0 Å². The van der Waals surface area contributed by atoms with Crippen molar-refractivity contribution >= 4 is 5.78 Å². The summed E-state index contributed by atoms with van der Waals surface area (Å²) in [6.45, 7) is 0. The highest BCUT2D eigenvalue weighted by Gasteiger charge is 2.26. The molecule has 2 unspecified atom stereocenters. The number of ketones is 1. The molecule has 0 bridgehead atoms. The third-order valence-corrected chi connectivity index (χ3v) is 1.99. The van der Waals surface area contributed by atoms with Crippen molar-refractivity contribution in [3.8, 4) is 12.3 Å². The normalized spacial score (nSPS) is 31.6. The van der Waals surface area contributed by atoms with Gasteiger partial charge in [0.05, 0.1) is 0 Å². The molecule has 0 aromatic rings. The predicted octanol–water partition coefficient (Wildman–Crippen LogP) is 0.316. The van der Waals surface area contributed by atoms with Crippen LogP contribution < -0.4 is 5.73 Å². The van der Waals surface area contributed by atoms with Gasteiger partial charge >= 0.3 is 0 Å². The maximum Gasteiger partial charge on any atom is 0.208 e. The summed E-state index contributed by atoms with van der Waals surface area (Å²) in [6.07, 6.45) is 7.56. The van der Waals surface area contributed by atoms with Crippen molar-refractivity contribution in [2.75, 3.05) is 0 Å². The van der Waals surface area contributed by atoms with Crippen molar-refractivity contribution in [2.45, 2.75) is 25.3 Å². The minimum Gasteiger partial charge on any atom is -0.328 e. The van der Waals surface area contributed by atoms with Crippen molar-refractivity contribution in [3.05, 3.63) is 0 Å². The van der Waals surface area contributed by atoms with Crippen molar-refractivity contribution < 1.29 is 4.79 Å². The Balaban J connectivity index is 2.47. The van der Waals surface area contributed by atoms with E-state index in [1.807, 2.05) is 0 Å². The summed E-state index contributed by atoms with van der Waals surface area (Å²) in [5, 5.41) is 0. The molecule has 1 fully saturated rings. The Bertz CT molecular complexity index is 180. The molecule has 0 spiro atoms. The molecule has 2 nitrogen and oxygen atoms in total. The molecule has 2 N–H and O–H groups in total. The van der Waals surface area contributed by atoms with Gasteiger partial charge in [-0.1, -0.05) is 0 Å². The van der Waals surface area contributed by atoms with E-state index in [0.717, 1.165) is 19.3 Å². The molecule has 0 amide bonds. The molecular formula is C8H11NO. The first-order valence-corrected chi connectivity index (χ1v) is 3.50. The summed E-state index contributed by atoms with van der Waals surface area (Å²) in [5.74, 6) is 2.11. The van der Waals surface area contributed by atoms with Crippen molar-refractivity contribution in [3.63, 3.8) is 0 Å². The second kappa shape index (κ2) is 2.85. The first-order chi connectivity index (χ1) is 4.74. The molecule has 0 aromatic carbocycles. The van der Waals surface area contributed by atoms with E-state index in [1.165, 1.54) is 0 Å². The fourth-order valence-corrected chi connectivity index (χ4v) is 1.37. The van der Waals surface area contributed by atoms with Crippen molar-refractivity contribution in [1.29, 1.82) is 0 Å². The third-order valence-electron chi connectivity index (χ3n) is 1.99. The average Bonchev–Trinajstić information content (AvgIpc) is 2.34. The highest BCUT2D eigenvalue weighted by Crippen LogP contribution is 2.24. The maximum absolute atomic E-state index is 10.9. The van der Waals surface area contributed by atoms with Gasteiger partial charge in [0.25, 0.3) is 0 Å². The molecule has 1 aliphatic rings. The van der Waals surface area contributed by atoms with E-state index in [-0.39, 0.29) is 17.7 Å². The number of hydrogen-bond acceptors (Lipinski definition) is 2. The zero-order valence-corrected chi connectivity index (χ0v) is 5.84. The molecule has 0 saturated heterocycles. The summed E-state index contributed by atoms with van der Waals surface area (Å²) in [5.41, 5.74) is 5.60. The van der Waals surface area contributed by atoms with Crippen LogP contribution in [0.3, 0.4) is 0 Å². The Kier molecular flexibility index (Phi) is 2.08. The minimum absolute atomic E-state index is 0.0556. The van der Waals surface area contributed by atoms with Gasteiger partial charge in [0.1, 0.15) is 0 Å². The van der Waals surface area contributed by atoms with E-state index < -0.39 is 0 Å².